The molecule has 0 fully saturated rings. The van der Waals surface area contributed by atoms with Gasteiger partial charge in [-0.15, -0.1) is 0 Å². The topological polar surface area (TPSA) is 74.2 Å². The van der Waals surface area contributed by atoms with Crippen LogP contribution in [0.5, 0.6) is 0 Å². The van der Waals surface area contributed by atoms with Crippen LogP contribution in [0.3, 0.4) is 0 Å². The Morgan fingerprint density at radius 2 is 2.00 bits per heavy atom. The molecule has 0 aromatic heterocycles. The zero-order chi connectivity index (χ0) is 16.0. The van der Waals surface area contributed by atoms with E-state index < -0.39 is 0 Å². The molecule has 1 aromatic carbocycles. The summed E-state index contributed by atoms with van der Waals surface area (Å²) in [6, 6.07) is 7.60. The van der Waals surface area contributed by atoms with Gasteiger partial charge in [-0.05, 0) is 36.3 Å². The lowest BCUT2D eigenvalue weighted by Crippen LogP contribution is -2.19. The van der Waals surface area contributed by atoms with Gasteiger partial charge in [0.15, 0.2) is 0 Å². The van der Waals surface area contributed by atoms with Gasteiger partial charge in [-0.1, -0.05) is 18.2 Å². The van der Waals surface area contributed by atoms with Gasteiger partial charge in [0.25, 0.3) is 5.91 Å². The molecule has 1 aromatic rings. The van der Waals surface area contributed by atoms with Crippen LogP contribution in [0.2, 0.25) is 0 Å². The van der Waals surface area contributed by atoms with Gasteiger partial charge in [-0.2, -0.15) is 0 Å². The second-order valence-corrected chi connectivity index (χ2v) is 5.49. The Kier molecular flexibility index (Phi) is 2.94. The first-order valence-corrected chi connectivity index (χ1v) is 7.36. The van der Waals surface area contributed by atoms with Crippen molar-refractivity contribution < 1.29 is 9.53 Å². The van der Waals surface area contributed by atoms with E-state index >= 15 is 0 Å². The summed E-state index contributed by atoms with van der Waals surface area (Å²) >= 11 is 0. The Morgan fingerprint density at radius 1 is 1.17 bits per heavy atom. The van der Waals surface area contributed by atoms with Gasteiger partial charge >= 0.3 is 0 Å². The van der Waals surface area contributed by atoms with Crippen LogP contribution in [-0.2, 0) is 9.53 Å². The van der Waals surface area contributed by atoms with E-state index in [1.807, 2.05) is 42.5 Å². The van der Waals surface area contributed by atoms with E-state index in [-0.39, 0.29) is 5.91 Å². The number of carbonyl (C=O) groups excluding carboxylic acids is 1. The van der Waals surface area contributed by atoms with E-state index in [0.29, 0.717) is 23.4 Å². The van der Waals surface area contributed by atoms with Crippen LogP contribution in [0.1, 0.15) is 12.0 Å². The molecule has 1 amide bonds. The third-order valence-electron chi connectivity index (χ3n) is 4.22. The number of para-hydroxylation sites is 1. The highest BCUT2D eigenvalue weighted by Gasteiger charge is 2.34. The Hall–Kier alpha value is -3.08. The quantitative estimate of drug-likeness (QED) is 0.698. The van der Waals surface area contributed by atoms with Gasteiger partial charge in [0.05, 0.1) is 24.1 Å². The van der Waals surface area contributed by atoms with Gasteiger partial charge in [-0.25, -0.2) is 0 Å². The number of hydrogen-bond donors (Lipinski definition) is 3. The number of ether oxygens (including phenoxy) is 1. The summed E-state index contributed by atoms with van der Waals surface area (Å²) < 4.78 is 5.26. The zero-order valence-electron chi connectivity index (χ0n) is 12.6. The van der Waals surface area contributed by atoms with Crippen molar-refractivity contribution in [1.82, 2.24) is 5.32 Å². The van der Waals surface area contributed by atoms with Crippen molar-refractivity contribution in [1.29, 1.82) is 5.41 Å². The summed E-state index contributed by atoms with van der Waals surface area (Å²) in [7, 11) is 1.62. The molecule has 0 atom stereocenters. The van der Waals surface area contributed by atoms with E-state index in [2.05, 4.69) is 10.6 Å². The molecule has 2 heterocycles. The predicted molar refractivity (Wildman–Crippen MR) is 87.9 cm³/mol. The number of fused-ring (bicyclic) bond motifs is 1. The number of anilines is 1. The van der Waals surface area contributed by atoms with Crippen LogP contribution < -0.4 is 10.6 Å². The first-order chi connectivity index (χ1) is 11.2. The molecule has 0 saturated heterocycles. The molecule has 0 saturated carbocycles. The minimum absolute atomic E-state index is 0.172. The summed E-state index contributed by atoms with van der Waals surface area (Å²) in [5.74, 6) is 0.588. The van der Waals surface area contributed by atoms with Gasteiger partial charge in [0.2, 0.25) is 0 Å². The van der Waals surface area contributed by atoms with Crippen LogP contribution in [-0.4, -0.2) is 18.7 Å². The molecule has 2 aliphatic heterocycles. The number of allylic oxidation sites excluding steroid dienone is 4. The normalized spacial score (nSPS) is 22.2. The summed E-state index contributed by atoms with van der Waals surface area (Å²) in [6.07, 6.45) is 6.19. The second kappa shape index (κ2) is 4.98. The maximum atomic E-state index is 12.5. The Bertz CT molecular complexity index is 872. The zero-order valence-corrected chi connectivity index (χ0v) is 12.6. The van der Waals surface area contributed by atoms with Crippen molar-refractivity contribution in [3.63, 3.8) is 0 Å². The molecule has 1 aliphatic carbocycles. The highest BCUT2D eigenvalue weighted by Crippen LogP contribution is 2.36. The lowest BCUT2D eigenvalue weighted by Gasteiger charge is -2.07. The van der Waals surface area contributed by atoms with Crippen molar-refractivity contribution in [2.24, 2.45) is 0 Å². The number of rotatable bonds is 1. The van der Waals surface area contributed by atoms with Crippen LogP contribution in [0, 0.1) is 5.41 Å². The van der Waals surface area contributed by atoms with Crippen LogP contribution in [0.4, 0.5) is 5.69 Å². The number of benzene rings is 1. The fraction of sp³-hybridized carbons (Fsp3) is 0.111. The van der Waals surface area contributed by atoms with E-state index in [1.54, 1.807) is 7.11 Å². The molecular formula is C18H15N3O2. The molecule has 23 heavy (non-hydrogen) atoms. The highest BCUT2D eigenvalue weighted by atomic mass is 16.5. The number of hydrogen-bond acceptors (Lipinski definition) is 4. The lowest BCUT2D eigenvalue weighted by atomic mass is 9.99. The first-order valence-electron chi connectivity index (χ1n) is 7.36. The summed E-state index contributed by atoms with van der Waals surface area (Å²) in [4.78, 5) is 12.5. The molecule has 3 N–H and O–H groups in total. The highest BCUT2D eigenvalue weighted by molar-refractivity contribution is 6.24. The molecule has 5 nitrogen and oxygen atoms in total. The van der Waals surface area contributed by atoms with Crippen molar-refractivity contribution in [3.8, 4) is 0 Å². The minimum atomic E-state index is -0.172. The van der Waals surface area contributed by atoms with Crippen molar-refractivity contribution in [2.75, 3.05) is 12.4 Å². The molecule has 114 valence electrons. The van der Waals surface area contributed by atoms with E-state index in [0.717, 1.165) is 28.3 Å². The SMILES string of the molecule is COC1=CCC2=C(C=C1)NC(=O)/C2=C1\Nc2ccccc2C1=N. The first kappa shape index (κ1) is 13.6. The van der Waals surface area contributed by atoms with E-state index in [4.69, 9.17) is 10.1 Å². The second-order valence-electron chi connectivity index (χ2n) is 5.49. The Morgan fingerprint density at radius 3 is 2.78 bits per heavy atom. The van der Waals surface area contributed by atoms with Gasteiger partial charge in [0.1, 0.15) is 5.76 Å². The third kappa shape index (κ3) is 2.01. The third-order valence-corrected chi connectivity index (χ3v) is 4.22. The predicted octanol–water partition coefficient (Wildman–Crippen LogP) is 2.61. The molecule has 0 spiro atoms. The molecule has 3 aliphatic rings. The monoisotopic (exact) mass is 305 g/mol. The van der Waals surface area contributed by atoms with Crippen molar-refractivity contribution in [2.45, 2.75) is 6.42 Å². The van der Waals surface area contributed by atoms with Gasteiger partial charge in [0, 0.05) is 16.9 Å². The average Bonchev–Trinajstić information content (AvgIpc) is 2.96. The van der Waals surface area contributed by atoms with E-state index in [1.165, 1.54) is 0 Å². The fourth-order valence-electron chi connectivity index (χ4n) is 3.07. The molecule has 5 heteroatoms. The smallest absolute Gasteiger partial charge is 0.258 e. The lowest BCUT2D eigenvalue weighted by molar-refractivity contribution is -0.116. The largest absolute Gasteiger partial charge is 0.497 e. The summed E-state index contributed by atoms with van der Waals surface area (Å²) in [5.41, 5.74) is 4.79. The van der Waals surface area contributed by atoms with Crippen molar-refractivity contribution in [3.05, 3.63) is 76.4 Å². The molecule has 0 unspecified atom stereocenters. The van der Waals surface area contributed by atoms with E-state index in [9.17, 15) is 4.79 Å². The standard InChI is InChI=1S/C18H15N3O2/c1-23-10-6-8-11-14(9-7-10)21-18(22)15(11)17-16(19)12-4-2-3-5-13(12)20-17/h2-7,9,19-20H,8H2,1H3,(H,21,22)/b17-15-,19-16?. The maximum absolute atomic E-state index is 12.5. The van der Waals surface area contributed by atoms with Crippen LogP contribution in [0.15, 0.2) is 70.8 Å². The molecular weight excluding hydrogens is 290 g/mol. The molecule has 4 rings (SSSR count). The van der Waals surface area contributed by atoms with Crippen LogP contribution in [0.25, 0.3) is 0 Å². The fourth-order valence-corrected chi connectivity index (χ4v) is 3.07. The molecule has 0 radical (unpaired) electrons. The van der Waals surface area contributed by atoms with Crippen LogP contribution >= 0.6 is 0 Å². The van der Waals surface area contributed by atoms with Gasteiger partial charge < -0.3 is 15.4 Å². The number of amides is 1. The van der Waals surface area contributed by atoms with Gasteiger partial charge in [-0.3, -0.25) is 10.2 Å². The number of nitrogens with one attached hydrogen (secondary N) is 3. The molecule has 0 bridgehead atoms. The maximum Gasteiger partial charge on any atom is 0.258 e. The summed E-state index contributed by atoms with van der Waals surface area (Å²) in [6.45, 7) is 0. The average molecular weight is 305 g/mol. The number of methoxy groups -OCH3 is 1. The van der Waals surface area contributed by atoms with Crippen molar-refractivity contribution >= 4 is 17.3 Å². The summed E-state index contributed by atoms with van der Waals surface area (Å²) in [5, 5.41) is 14.5. The minimum Gasteiger partial charge on any atom is -0.497 e. The Balaban J connectivity index is 1.82. The Labute approximate surface area is 133 Å². The number of carbonyl (C=O) groups is 1.